The second-order valence-electron chi connectivity index (χ2n) is 6.66. The molecule has 28 heavy (non-hydrogen) atoms. The Morgan fingerprint density at radius 3 is 1.71 bits per heavy atom. The first-order valence-corrected chi connectivity index (χ1v) is 9.40. The van der Waals surface area contributed by atoms with Crippen LogP contribution in [-0.2, 0) is 4.74 Å². The molecule has 0 atom stereocenters. The molecule has 0 N–H and O–H groups in total. The molecule has 152 valence electrons. The first-order chi connectivity index (χ1) is 12.9. The van der Waals surface area contributed by atoms with Crippen molar-refractivity contribution in [1.29, 1.82) is 5.26 Å². The zero-order valence-corrected chi connectivity index (χ0v) is 17.7. The molecule has 1 aliphatic heterocycles. The van der Waals surface area contributed by atoms with Crippen LogP contribution in [0.2, 0.25) is 0 Å². The monoisotopic (exact) mass is 421 g/mol. The van der Waals surface area contributed by atoms with Crippen molar-refractivity contribution in [3.05, 3.63) is 71.8 Å². The molecule has 0 saturated carbocycles. The Balaban J connectivity index is 0.00000196. The largest absolute Gasteiger partial charge is 0.367 e. The van der Waals surface area contributed by atoms with E-state index in [0.717, 1.165) is 39.3 Å². The molecule has 0 aromatic heterocycles. The third-order valence-electron chi connectivity index (χ3n) is 4.90. The summed E-state index contributed by atoms with van der Waals surface area (Å²) >= 11 is 0. The molecule has 3 rings (SSSR count). The van der Waals surface area contributed by atoms with E-state index in [2.05, 4.69) is 64.4 Å². The van der Waals surface area contributed by atoms with Gasteiger partial charge in [0.05, 0.1) is 12.7 Å². The van der Waals surface area contributed by atoms with Gasteiger partial charge >= 0.3 is 0 Å². The van der Waals surface area contributed by atoms with Gasteiger partial charge in [-0.1, -0.05) is 60.7 Å². The molecule has 0 radical (unpaired) electrons. The van der Waals surface area contributed by atoms with Crippen molar-refractivity contribution in [3.63, 3.8) is 0 Å². The highest BCUT2D eigenvalue weighted by Crippen LogP contribution is 2.25. The van der Waals surface area contributed by atoms with Gasteiger partial charge in [-0.3, -0.25) is 9.80 Å². The van der Waals surface area contributed by atoms with Gasteiger partial charge in [-0.2, -0.15) is 5.26 Å². The molecular formula is C22H29Cl2N3O. The first kappa shape index (κ1) is 24.4. The van der Waals surface area contributed by atoms with Crippen LogP contribution in [0.25, 0.3) is 0 Å². The number of hydrogen-bond acceptors (Lipinski definition) is 4. The van der Waals surface area contributed by atoms with Gasteiger partial charge in [0, 0.05) is 45.7 Å². The second-order valence-corrected chi connectivity index (χ2v) is 6.66. The Kier molecular flexibility index (Phi) is 11.8. The Morgan fingerprint density at radius 2 is 1.25 bits per heavy atom. The summed E-state index contributed by atoms with van der Waals surface area (Å²) in [6.07, 6.45) is 0.605. The molecule has 0 unspecified atom stereocenters. The van der Waals surface area contributed by atoms with Crippen LogP contribution >= 0.6 is 24.8 Å². The van der Waals surface area contributed by atoms with Crippen LogP contribution in [0, 0.1) is 11.3 Å². The van der Waals surface area contributed by atoms with Crippen LogP contribution in [0.3, 0.4) is 0 Å². The number of nitrogens with zero attached hydrogens (tertiary/aromatic N) is 3. The van der Waals surface area contributed by atoms with E-state index in [9.17, 15) is 0 Å². The number of benzene rings is 2. The highest BCUT2D eigenvalue weighted by atomic mass is 35.5. The highest BCUT2D eigenvalue weighted by molar-refractivity contribution is 5.85. The molecule has 0 bridgehead atoms. The smallest absolute Gasteiger partial charge is 0.108 e. The summed E-state index contributed by atoms with van der Waals surface area (Å²) in [4.78, 5) is 4.83. The summed E-state index contributed by atoms with van der Waals surface area (Å²) in [5, 5.41) is 8.70. The van der Waals surface area contributed by atoms with Crippen molar-refractivity contribution >= 4 is 24.8 Å². The van der Waals surface area contributed by atoms with E-state index >= 15 is 0 Å². The lowest BCUT2D eigenvalue weighted by atomic mass is 10.0. The number of piperazine rings is 1. The van der Waals surface area contributed by atoms with E-state index in [4.69, 9.17) is 10.00 Å². The number of nitriles is 1. The van der Waals surface area contributed by atoms with Crippen molar-refractivity contribution in [3.8, 4) is 6.07 Å². The second kappa shape index (κ2) is 13.5. The lowest BCUT2D eigenvalue weighted by molar-refractivity contribution is 0.0456. The SMILES string of the molecule is Cl.Cl.N#CCCN1CCN(CCOC(c2ccccc2)c2ccccc2)CC1. The van der Waals surface area contributed by atoms with Crippen LogP contribution in [0.5, 0.6) is 0 Å². The predicted molar refractivity (Wildman–Crippen MR) is 118 cm³/mol. The summed E-state index contributed by atoms with van der Waals surface area (Å²) in [5.74, 6) is 0. The zero-order valence-electron chi connectivity index (χ0n) is 16.1. The predicted octanol–water partition coefficient (Wildman–Crippen LogP) is 4.17. The van der Waals surface area contributed by atoms with Crippen LogP contribution in [0.4, 0.5) is 0 Å². The van der Waals surface area contributed by atoms with Gasteiger partial charge in [0.25, 0.3) is 0 Å². The van der Waals surface area contributed by atoms with Crippen molar-refractivity contribution in [2.75, 3.05) is 45.9 Å². The number of rotatable bonds is 8. The highest BCUT2D eigenvalue weighted by Gasteiger charge is 2.18. The summed E-state index contributed by atoms with van der Waals surface area (Å²) in [5.41, 5.74) is 2.39. The van der Waals surface area contributed by atoms with Crippen molar-refractivity contribution in [1.82, 2.24) is 9.80 Å². The van der Waals surface area contributed by atoms with E-state index < -0.39 is 0 Å². The lowest BCUT2D eigenvalue weighted by Gasteiger charge is -2.34. The van der Waals surface area contributed by atoms with Gasteiger partial charge in [0.2, 0.25) is 0 Å². The maximum Gasteiger partial charge on any atom is 0.108 e. The van der Waals surface area contributed by atoms with Crippen molar-refractivity contribution < 1.29 is 4.74 Å². The molecule has 1 saturated heterocycles. The molecular weight excluding hydrogens is 393 g/mol. The molecule has 0 aliphatic carbocycles. The number of halogens is 2. The molecule has 0 spiro atoms. The summed E-state index contributed by atoms with van der Waals surface area (Å²) in [7, 11) is 0. The Labute approximate surface area is 180 Å². The standard InChI is InChI=1S/C22H27N3O.2ClH/c23-12-7-13-24-14-16-25(17-15-24)18-19-26-22(20-8-3-1-4-9-20)21-10-5-2-6-11-21;;/h1-6,8-11,22H,7,13-19H2;2*1H. The summed E-state index contributed by atoms with van der Waals surface area (Å²) in [6.45, 7) is 6.75. The average molecular weight is 422 g/mol. The number of ether oxygens (including phenoxy) is 1. The van der Waals surface area contributed by atoms with Gasteiger partial charge in [-0.05, 0) is 11.1 Å². The van der Waals surface area contributed by atoms with Gasteiger partial charge in [-0.15, -0.1) is 24.8 Å². The number of hydrogen-bond donors (Lipinski definition) is 0. The summed E-state index contributed by atoms with van der Waals surface area (Å²) < 4.78 is 6.31. The molecule has 0 amide bonds. The maximum absolute atomic E-state index is 8.70. The van der Waals surface area contributed by atoms with Crippen LogP contribution in [-0.4, -0.2) is 55.7 Å². The van der Waals surface area contributed by atoms with Crippen LogP contribution in [0.1, 0.15) is 23.7 Å². The fraction of sp³-hybridized carbons (Fsp3) is 0.409. The van der Waals surface area contributed by atoms with Gasteiger partial charge in [0.15, 0.2) is 0 Å². The fourth-order valence-corrected chi connectivity index (χ4v) is 3.38. The lowest BCUT2D eigenvalue weighted by Crippen LogP contribution is -2.47. The minimum Gasteiger partial charge on any atom is -0.367 e. The van der Waals surface area contributed by atoms with E-state index in [0.29, 0.717) is 13.0 Å². The van der Waals surface area contributed by atoms with Crippen LogP contribution in [0.15, 0.2) is 60.7 Å². The van der Waals surface area contributed by atoms with Crippen molar-refractivity contribution in [2.24, 2.45) is 0 Å². The molecule has 1 heterocycles. The van der Waals surface area contributed by atoms with Gasteiger partial charge in [-0.25, -0.2) is 0 Å². The molecule has 2 aromatic carbocycles. The normalized spacial score (nSPS) is 14.7. The summed E-state index contributed by atoms with van der Waals surface area (Å²) in [6, 6.07) is 23.1. The molecule has 1 aliphatic rings. The van der Waals surface area contributed by atoms with Crippen molar-refractivity contribution in [2.45, 2.75) is 12.5 Å². The molecule has 4 nitrogen and oxygen atoms in total. The topological polar surface area (TPSA) is 39.5 Å². The Hall–Kier alpha value is -1.61. The Morgan fingerprint density at radius 1 is 0.786 bits per heavy atom. The molecule has 2 aromatic rings. The molecule has 6 heteroatoms. The quantitative estimate of drug-likeness (QED) is 0.640. The fourth-order valence-electron chi connectivity index (χ4n) is 3.38. The zero-order chi connectivity index (χ0) is 18.0. The van der Waals surface area contributed by atoms with E-state index in [1.54, 1.807) is 0 Å². The van der Waals surface area contributed by atoms with E-state index in [1.165, 1.54) is 11.1 Å². The third kappa shape index (κ3) is 7.43. The van der Waals surface area contributed by atoms with E-state index in [-0.39, 0.29) is 30.9 Å². The minimum absolute atomic E-state index is 0. The Bertz CT molecular complexity index is 646. The van der Waals surface area contributed by atoms with Crippen LogP contribution < -0.4 is 0 Å². The first-order valence-electron chi connectivity index (χ1n) is 9.40. The average Bonchev–Trinajstić information content (AvgIpc) is 2.72. The third-order valence-corrected chi connectivity index (χ3v) is 4.90. The van der Waals surface area contributed by atoms with Gasteiger partial charge < -0.3 is 4.74 Å². The minimum atomic E-state index is -0.0192. The maximum atomic E-state index is 8.70. The van der Waals surface area contributed by atoms with Gasteiger partial charge in [0.1, 0.15) is 6.10 Å². The molecule has 1 fully saturated rings. The van der Waals surface area contributed by atoms with E-state index in [1.807, 2.05) is 12.1 Å².